The molecule has 2 aromatic heterocycles. The van der Waals surface area contributed by atoms with Crippen molar-refractivity contribution in [3.05, 3.63) is 64.4 Å². The highest BCUT2D eigenvalue weighted by Crippen LogP contribution is 2.31. The van der Waals surface area contributed by atoms with E-state index in [1.807, 2.05) is 6.07 Å². The van der Waals surface area contributed by atoms with Gasteiger partial charge in [-0.1, -0.05) is 41.1 Å². The molecule has 0 bridgehead atoms. The molecule has 2 heterocycles. The van der Waals surface area contributed by atoms with Gasteiger partial charge in [-0.25, -0.2) is 14.6 Å². The summed E-state index contributed by atoms with van der Waals surface area (Å²) >= 11 is 6.19. The molecule has 178 valence electrons. The second kappa shape index (κ2) is 9.72. The molecule has 0 radical (unpaired) electrons. The van der Waals surface area contributed by atoms with Gasteiger partial charge < -0.3 is 14.8 Å². The van der Waals surface area contributed by atoms with Crippen molar-refractivity contribution in [2.75, 3.05) is 26.1 Å². The van der Waals surface area contributed by atoms with Crippen LogP contribution in [0.3, 0.4) is 0 Å². The topological polar surface area (TPSA) is 87.0 Å². The van der Waals surface area contributed by atoms with E-state index in [1.165, 1.54) is 18.9 Å². The minimum Gasteiger partial charge on any atom is -0.493 e. The van der Waals surface area contributed by atoms with Gasteiger partial charge in [0.05, 0.1) is 20.8 Å². The van der Waals surface area contributed by atoms with E-state index in [2.05, 4.69) is 25.6 Å². The van der Waals surface area contributed by atoms with Crippen molar-refractivity contribution >= 4 is 28.6 Å². The smallest absolute Gasteiger partial charge is 0.451 e. The number of nitrogens with one attached hydrogen (secondary N) is 1. The van der Waals surface area contributed by atoms with Crippen LogP contribution in [0.5, 0.6) is 11.5 Å². The summed E-state index contributed by atoms with van der Waals surface area (Å²) in [6.45, 7) is 0.395. The van der Waals surface area contributed by atoms with Crippen molar-refractivity contribution in [2.45, 2.75) is 19.1 Å². The van der Waals surface area contributed by atoms with Gasteiger partial charge in [-0.3, -0.25) is 0 Å². The summed E-state index contributed by atoms with van der Waals surface area (Å²) in [6.07, 6.45) is -4.26. The van der Waals surface area contributed by atoms with Gasteiger partial charge >= 0.3 is 6.18 Å². The molecule has 0 amide bonds. The highest BCUT2D eigenvalue weighted by atomic mass is 35.5. The van der Waals surface area contributed by atoms with Crippen molar-refractivity contribution in [3.63, 3.8) is 0 Å². The number of ether oxygens (including phenoxy) is 2. The van der Waals surface area contributed by atoms with E-state index in [9.17, 15) is 13.2 Å². The van der Waals surface area contributed by atoms with E-state index in [4.69, 9.17) is 21.1 Å². The molecule has 4 aromatic rings. The third-order valence-corrected chi connectivity index (χ3v) is 5.42. The standard InChI is InChI=1S/C22H20ClF3N6O2/c1-33-16-8-7-13(11-17(16)34-2)9-10-27-19-18-20(29-21(28-19)22(24,25)26)32(31-30-18)12-14-5-3-4-6-15(14)23/h3-8,11H,9-10,12H2,1-2H3,(H,27,28,29). The first kappa shape index (κ1) is 23.6. The third kappa shape index (κ3) is 4.98. The van der Waals surface area contributed by atoms with Gasteiger partial charge in [0.15, 0.2) is 28.5 Å². The minimum atomic E-state index is -4.74. The number of aromatic nitrogens is 5. The van der Waals surface area contributed by atoms with E-state index in [-0.39, 0.29) is 30.1 Å². The average Bonchev–Trinajstić information content (AvgIpc) is 3.22. The lowest BCUT2D eigenvalue weighted by Gasteiger charge is -2.12. The molecule has 8 nitrogen and oxygen atoms in total. The van der Waals surface area contributed by atoms with Crippen LogP contribution in [0.15, 0.2) is 42.5 Å². The molecule has 0 unspecified atom stereocenters. The number of alkyl halides is 3. The van der Waals surface area contributed by atoms with E-state index in [0.29, 0.717) is 28.5 Å². The Morgan fingerprint density at radius 1 is 1.03 bits per heavy atom. The number of halogens is 4. The Bertz CT molecular complexity index is 1310. The molecule has 0 fully saturated rings. The lowest BCUT2D eigenvalue weighted by Crippen LogP contribution is -2.16. The highest BCUT2D eigenvalue weighted by molar-refractivity contribution is 6.31. The largest absolute Gasteiger partial charge is 0.493 e. The highest BCUT2D eigenvalue weighted by Gasteiger charge is 2.36. The van der Waals surface area contributed by atoms with Crippen LogP contribution in [0.25, 0.3) is 11.2 Å². The number of anilines is 1. The molecule has 0 saturated heterocycles. The van der Waals surface area contributed by atoms with Crippen LogP contribution in [0.4, 0.5) is 19.0 Å². The zero-order valence-electron chi connectivity index (χ0n) is 18.2. The lowest BCUT2D eigenvalue weighted by molar-refractivity contribution is -0.144. The Kier molecular flexibility index (Phi) is 6.73. The SMILES string of the molecule is COc1ccc(CCNc2nc(C(F)(F)F)nc3c2nnn3Cc2ccccc2Cl)cc1OC. The number of fused-ring (bicyclic) bond motifs is 1. The Labute approximate surface area is 197 Å². The van der Waals surface area contributed by atoms with Gasteiger partial charge in [0, 0.05) is 11.6 Å². The van der Waals surface area contributed by atoms with Gasteiger partial charge in [0.1, 0.15) is 0 Å². The molecule has 2 aromatic carbocycles. The summed E-state index contributed by atoms with van der Waals surface area (Å²) in [5.41, 5.74) is 1.66. The zero-order valence-corrected chi connectivity index (χ0v) is 19.0. The molecule has 0 aliphatic rings. The van der Waals surface area contributed by atoms with E-state index in [0.717, 1.165) is 5.56 Å². The predicted octanol–water partition coefficient (Wildman–Crippen LogP) is 4.61. The van der Waals surface area contributed by atoms with Gasteiger partial charge in [0.2, 0.25) is 5.82 Å². The maximum atomic E-state index is 13.5. The number of nitrogens with zero attached hydrogens (tertiary/aromatic N) is 5. The molecule has 12 heteroatoms. The maximum Gasteiger partial charge on any atom is 0.451 e. The predicted molar refractivity (Wildman–Crippen MR) is 120 cm³/mol. The Hall–Kier alpha value is -3.60. The number of rotatable bonds is 8. The summed E-state index contributed by atoms with van der Waals surface area (Å²) in [4.78, 5) is 7.36. The van der Waals surface area contributed by atoms with E-state index < -0.39 is 12.0 Å². The monoisotopic (exact) mass is 492 g/mol. The summed E-state index contributed by atoms with van der Waals surface area (Å²) in [7, 11) is 3.07. The number of benzene rings is 2. The summed E-state index contributed by atoms with van der Waals surface area (Å²) in [5.74, 6) is -0.187. The molecule has 34 heavy (non-hydrogen) atoms. The van der Waals surface area contributed by atoms with E-state index >= 15 is 0 Å². The number of hydrogen-bond donors (Lipinski definition) is 1. The van der Waals surface area contributed by atoms with Crippen LogP contribution in [0.1, 0.15) is 17.0 Å². The summed E-state index contributed by atoms with van der Waals surface area (Å²) < 4.78 is 52.3. The Morgan fingerprint density at radius 3 is 2.50 bits per heavy atom. The lowest BCUT2D eigenvalue weighted by atomic mass is 10.1. The van der Waals surface area contributed by atoms with Crippen LogP contribution in [0, 0.1) is 0 Å². The molecular weight excluding hydrogens is 473 g/mol. The Morgan fingerprint density at radius 2 is 1.79 bits per heavy atom. The van der Waals surface area contributed by atoms with Gasteiger partial charge in [-0.05, 0) is 35.7 Å². The Balaban J connectivity index is 1.61. The van der Waals surface area contributed by atoms with Crippen molar-refractivity contribution < 1.29 is 22.6 Å². The van der Waals surface area contributed by atoms with E-state index in [1.54, 1.807) is 36.4 Å². The van der Waals surface area contributed by atoms with Crippen LogP contribution in [0.2, 0.25) is 5.02 Å². The molecule has 4 rings (SSSR count). The molecule has 0 aliphatic carbocycles. The number of hydrogen-bond acceptors (Lipinski definition) is 7. The third-order valence-electron chi connectivity index (χ3n) is 5.05. The second-order valence-corrected chi connectivity index (χ2v) is 7.68. The first-order chi connectivity index (χ1) is 16.3. The molecule has 0 atom stereocenters. The second-order valence-electron chi connectivity index (χ2n) is 7.27. The van der Waals surface area contributed by atoms with Crippen molar-refractivity contribution in [1.29, 1.82) is 0 Å². The molecular formula is C22H20ClF3N6O2. The van der Waals surface area contributed by atoms with Crippen LogP contribution < -0.4 is 14.8 Å². The normalized spacial score (nSPS) is 11.6. The molecule has 1 N–H and O–H groups in total. The molecule has 0 spiro atoms. The maximum absolute atomic E-state index is 13.5. The summed E-state index contributed by atoms with van der Waals surface area (Å²) in [6, 6.07) is 12.4. The number of methoxy groups -OCH3 is 2. The van der Waals surface area contributed by atoms with Gasteiger partial charge in [0.25, 0.3) is 0 Å². The van der Waals surface area contributed by atoms with Crippen molar-refractivity contribution in [2.24, 2.45) is 0 Å². The molecule has 0 aliphatic heterocycles. The van der Waals surface area contributed by atoms with Crippen LogP contribution in [-0.4, -0.2) is 45.7 Å². The molecule has 0 saturated carbocycles. The van der Waals surface area contributed by atoms with Crippen molar-refractivity contribution in [3.8, 4) is 11.5 Å². The average molecular weight is 493 g/mol. The fourth-order valence-corrected chi connectivity index (χ4v) is 3.56. The zero-order chi connectivity index (χ0) is 24.3. The quantitative estimate of drug-likeness (QED) is 0.384. The first-order valence-electron chi connectivity index (χ1n) is 10.2. The van der Waals surface area contributed by atoms with Crippen LogP contribution in [-0.2, 0) is 19.1 Å². The van der Waals surface area contributed by atoms with Crippen molar-refractivity contribution in [1.82, 2.24) is 25.0 Å². The van der Waals surface area contributed by atoms with Gasteiger partial charge in [-0.15, -0.1) is 5.10 Å². The fraction of sp³-hybridized carbons (Fsp3) is 0.273. The fourth-order valence-electron chi connectivity index (χ4n) is 3.36. The van der Waals surface area contributed by atoms with Crippen LogP contribution >= 0.6 is 11.6 Å². The summed E-state index contributed by atoms with van der Waals surface area (Å²) in [5, 5.41) is 11.4. The van der Waals surface area contributed by atoms with Gasteiger partial charge in [-0.2, -0.15) is 13.2 Å². The first-order valence-corrected chi connectivity index (χ1v) is 10.5. The minimum absolute atomic E-state index is 0.0455.